The number of benzene rings is 2. The van der Waals surface area contributed by atoms with Crippen LogP contribution in [0.1, 0.15) is 69.2 Å². The number of carbonyl (C=O) groups is 2. The molecule has 6 heterocycles. The number of fused-ring (bicyclic) bond motifs is 2. The van der Waals surface area contributed by atoms with E-state index in [1.165, 1.54) is 34.8 Å². The number of nitrogens with one attached hydrogen (secondary N) is 4. The zero-order valence-electron chi connectivity index (χ0n) is 44.2. The molecule has 75 heavy (non-hydrogen) atoms. The van der Waals surface area contributed by atoms with Gasteiger partial charge in [0.05, 0.1) is 33.8 Å². The number of rotatable bonds is 12. The minimum Gasteiger partial charge on any atom is -0.506 e. The largest absolute Gasteiger partial charge is 0.506 e. The first kappa shape index (κ1) is 59.1. The molecule has 0 spiro atoms. The van der Waals surface area contributed by atoms with E-state index in [-0.39, 0.29) is 45.9 Å². The van der Waals surface area contributed by atoms with Crippen LogP contribution < -0.4 is 26.2 Å². The van der Waals surface area contributed by atoms with Crippen molar-refractivity contribution >= 4 is 106 Å². The quantitative estimate of drug-likeness (QED) is 0.0722. The van der Waals surface area contributed by atoms with Gasteiger partial charge >= 0.3 is 12.2 Å². The third-order valence-corrected chi connectivity index (χ3v) is 14.0. The molecule has 2 aliphatic heterocycles. The van der Waals surface area contributed by atoms with E-state index in [1.807, 2.05) is 80.0 Å². The number of phenolic OH excluding ortho intramolecular Hbond substituents is 1. The van der Waals surface area contributed by atoms with Crippen LogP contribution in [0.4, 0.5) is 19.9 Å². The summed E-state index contributed by atoms with van der Waals surface area (Å²) in [5.74, 6) is 0.442. The summed E-state index contributed by atoms with van der Waals surface area (Å²) in [6.45, 7) is 27.7. The minimum atomic E-state index is -0.500. The SMILES string of the molecule is CC(C)(C)OC(=O)N1CCN(CCBr)CC1.CC(C)Nc1nc(-c2cc(=O)c3ccc(O)c(Cl)c3[nH]2)cs1.CC(C)Nc1nc(-c2cc(=O)c3ccc(OCCN4CCN(C(=O)OC(C)(C)C)CC4)c(Cl)c3[nH]2)cs1. The van der Waals surface area contributed by atoms with Crippen LogP contribution in [0.2, 0.25) is 10.0 Å². The first-order valence-corrected chi connectivity index (χ1v) is 28.5. The fourth-order valence-electron chi connectivity index (χ4n) is 7.71. The summed E-state index contributed by atoms with van der Waals surface area (Å²) < 4.78 is 16.8. The van der Waals surface area contributed by atoms with Crippen molar-refractivity contribution in [3.8, 4) is 34.3 Å². The lowest BCUT2D eigenvalue weighted by Gasteiger charge is -2.35. The Morgan fingerprint density at radius 3 is 1.55 bits per heavy atom. The minimum absolute atomic E-state index is 0.0672. The van der Waals surface area contributed by atoms with Crippen LogP contribution in [0.5, 0.6) is 11.5 Å². The Hall–Kier alpha value is -5.16. The van der Waals surface area contributed by atoms with E-state index < -0.39 is 11.2 Å². The number of hydrogen-bond donors (Lipinski definition) is 5. The second-order valence-corrected chi connectivity index (χ2v) is 23.8. The lowest BCUT2D eigenvalue weighted by atomic mass is 10.1. The van der Waals surface area contributed by atoms with Gasteiger partial charge in [-0.05, 0) is 93.5 Å². The Kier molecular flexibility index (Phi) is 20.7. The van der Waals surface area contributed by atoms with E-state index in [4.69, 9.17) is 37.4 Å². The first-order valence-electron chi connectivity index (χ1n) is 24.8. The third kappa shape index (κ3) is 17.2. The van der Waals surface area contributed by atoms with Gasteiger partial charge in [0.1, 0.15) is 39.4 Å². The first-order chi connectivity index (χ1) is 35.4. The summed E-state index contributed by atoms with van der Waals surface area (Å²) in [6.07, 6.45) is -0.462. The number of aromatic amines is 2. The monoisotopic (exact) mass is 1170 g/mol. The molecule has 0 saturated carbocycles. The molecule has 2 saturated heterocycles. The van der Waals surface area contributed by atoms with Gasteiger partial charge in [0.15, 0.2) is 21.1 Å². The molecule has 6 aromatic rings. The van der Waals surface area contributed by atoms with Crippen LogP contribution >= 0.6 is 61.8 Å². The maximum Gasteiger partial charge on any atom is 0.410 e. The maximum atomic E-state index is 12.8. The van der Waals surface area contributed by atoms with E-state index in [0.717, 1.165) is 61.4 Å². The number of aromatic hydroxyl groups is 1. The number of thiazole rings is 2. The standard InChI is InChI=1S/C26H34ClN5O4S.C15H14ClN3O2S.C11H21BrN2O2/c1-16(2)28-24-30-19(15-37-24)18-14-20(33)17-6-7-21(22(27)23(17)29-18)35-13-12-31-8-10-32(11-9-31)25(34)36-26(3,4)5;1-7(2)17-15-19-10(6-22-15)9-5-12(21)8-3-4-11(20)13(16)14(8)18-9;1-11(2,3)16-10(15)14-8-6-13(5-4-12)7-9-14/h6-7,14-16H,8-13H2,1-5H3,(H,28,30)(H,29,33);3-7,20H,1-2H3,(H,17,19)(H,18,21);4-9H2,1-3H3. The van der Waals surface area contributed by atoms with Crippen LogP contribution in [0.25, 0.3) is 44.6 Å². The number of phenols is 1. The third-order valence-electron chi connectivity index (χ3n) is 11.3. The molecular weight excluding hydrogens is 1110 g/mol. The van der Waals surface area contributed by atoms with Crippen molar-refractivity contribution in [2.24, 2.45) is 0 Å². The summed E-state index contributed by atoms with van der Waals surface area (Å²) in [7, 11) is 0. The van der Waals surface area contributed by atoms with E-state index in [0.29, 0.717) is 81.6 Å². The average molecular weight is 1180 g/mol. The van der Waals surface area contributed by atoms with Gasteiger partial charge in [0, 0.05) is 117 Å². The number of aromatic nitrogens is 4. The molecular formula is C52H69BrCl2N10O8S2. The molecule has 2 fully saturated rings. The Morgan fingerprint density at radius 1 is 0.693 bits per heavy atom. The lowest BCUT2D eigenvalue weighted by molar-refractivity contribution is 0.0132. The van der Waals surface area contributed by atoms with Gasteiger partial charge in [-0.2, -0.15) is 0 Å². The van der Waals surface area contributed by atoms with Crippen molar-refractivity contribution in [1.29, 1.82) is 0 Å². The number of piperazine rings is 2. The predicted octanol–water partition coefficient (Wildman–Crippen LogP) is 10.8. The summed E-state index contributed by atoms with van der Waals surface area (Å²) >= 11 is 19.1. The topological polar surface area (TPSA) is 211 Å². The van der Waals surface area contributed by atoms with Crippen molar-refractivity contribution in [2.45, 2.75) is 92.5 Å². The van der Waals surface area contributed by atoms with Crippen molar-refractivity contribution in [1.82, 2.24) is 39.5 Å². The second kappa shape index (κ2) is 26.3. The number of alkyl halides is 1. The van der Waals surface area contributed by atoms with E-state index in [9.17, 15) is 24.3 Å². The van der Waals surface area contributed by atoms with Gasteiger partial charge < -0.3 is 49.7 Å². The van der Waals surface area contributed by atoms with Crippen LogP contribution in [0.3, 0.4) is 0 Å². The highest BCUT2D eigenvalue weighted by Gasteiger charge is 2.27. The summed E-state index contributed by atoms with van der Waals surface area (Å²) in [6, 6.07) is 9.99. The van der Waals surface area contributed by atoms with Gasteiger partial charge in [0.2, 0.25) is 0 Å². The Bertz CT molecular complexity index is 3010. The molecule has 0 radical (unpaired) electrons. The molecule has 18 nitrogen and oxygen atoms in total. The smallest absolute Gasteiger partial charge is 0.410 e. The number of halogens is 3. The molecule has 2 aliphatic rings. The molecule has 0 atom stereocenters. The lowest BCUT2D eigenvalue weighted by Crippen LogP contribution is -2.50. The highest BCUT2D eigenvalue weighted by molar-refractivity contribution is 9.09. The fraction of sp³-hybridized carbons (Fsp3) is 0.500. The number of nitrogens with zero attached hydrogens (tertiary/aromatic N) is 6. The van der Waals surface area contributed by atoms with Gasteiger partial charge in [-0.1, -0.05) is 39.1 Å². The Balaban J connectivity index is 0.000000203. The number of hydrogen-bond acceptors (Lipinski definition) is 16. The van der Waals surface area contributed by atoms with Crippen LogP contribution in [0.15, 0.2) is 56.7 Å². The molecule has 8 rings (SSSR count). The highest BCUT2D eigenvalue weighted by atomic mass is 79.9. The summed E-state index contributed by atoms with van der Waals surface area (Å²) in [5.41, 5.74) is 2.25. The van der Waals surface area contributed by atoms with Gasteiger partial charge in [-0.25, -0.2) is 19.6 Å². The van der Waals surface area contributed by atoms with Crippen LogP contribution in [-0.2, 0) is 9.47 Å². The molecule has 408 valence electrons. The molecule has 0 unspecified atom stereocenters. The molecule has 5 N–H and O–H groups in total. The number of pyridine rings is 2. The number of anilines is 2. The summed E-state index contributed by atoms with van der Waals surface area (Å²) in [5, 5.41) is 23.9. The van der Waals surface area contributed by atoms with Crippen LogP contribution in [0, 0.1) is 0 Å². The average Bonchev–Trinajstić information content (AvgIpc) is 4.00. The number of ether oxygens (including phenoxy) is 3. The zero-order valence-corrected chi connectivity index (χ0v) is 48.9. The predicted molar refractivity (Wildman–Crippen MR) is 308 cm³/mol. The maximum absolute atomic E-state index is 12.8. The molecule has 23 heteroatoms. The zero-order chi connectivity index (χ0) is 54.8. The molecule has 0 aliphatic carbocycles. The van der Waals surface area contributed by atoms with E-state index >= 15 is 0 Å². The normalized spacial score (nSPS) is 14.6. The van der Waals surface area contributed by atoms with E-state index in [2.05, 4.69) is 56.3 Å². The fourth-order valence-corrected chi connectivity index (χ4v) is 10.4. The molecule has 2 aromatic carbocycles. The Morgan fingerprint density at radius 2 is 1.12 bits per heavy atom. The second-order valence-electron chi connectivity index (χ2n) is 20.5. The van der Waals surface area contributed by atoms with Gasteiger partial charge in [-0.15, -0.1) is 22.7 Å². The molecule has 0 bridgehead atoms. The Labute approximate surface area is 464 Å². The number of carbonyl (C=O) groups excluding carboxylic acids is 2. The summed E-state index contributed by atoms with van der Waals surface area (Å²) in [4.78, 5) is 72.5. The number of H-pyrrole nitrogens is 2. The van der Waals surface area contributed by atoms with Gasteiger partial charge in [-0.3, -0.25) is 19.4 Å². The highest BCUT2D eigenvalue weighted by Crippen LogP contribution is 2.34. The van der Waals surface area contributed by atoms with Crippen molar-refractivity contribution < 1.29 is 28.9 Å². The molecule has 2 amide bonds. The van der Waals surface area contributed by atoms with Crippen LogP contribution in [-0.4, -0.2) is 157 Å². The molecule has 4 aromatic heterocycles. The number of amides is 2. The van der Waals surface area contributed by atoms with Crippen molar-refractivity contribution in [3.05, 3.63) is 77.7 Å². The van der Waals surface area contributed by atoms with Crippen molar-refractivity contribution in [3.63, 3.8) is 0 Å². The van der Waals surface area contributed by atoms with Gasteiger partial charge in [0.25, 0.3) is 0 Å². The van der Waals surface area contributed by atoms with E-state index in [1.54, 1.807) is 34.1 Å². The van der Waals surface area contributed by atoms with Crippen molar-refractivity contribution in [2.75, 3.05) is 88.0 Å².